The van der Waals surface area contributed by atoms with Crippen molar-refractivity contribution in [3.05, 3.63) is 17.7 Å². The van der Waals surface area contributed by atoms with E-state index in [0.717, 1.165) is 6.42 Å². The number of rotatable bonds is 3. The molecule has 0 bridgehead atoms. The second kappa shape index (κ2) is 6.51. The van der Waals surface area contributed by atoms with Crippen LogP contribution in [0.5, 0.6) is 0 Å². The predicted molar refractivity (Wildman–Crippen MR) is 75.7 cm³/mol. The van der Waals surface area contributed by atoms with Crippen molar-refractivity contribution in [2.75, 3.05) is 13.2 Å². The minimum Gasteiger partial charge on any atom is -0.372 e. The first-order valence-electron chi connectivity index (χ1n) is 7.92. The van der Waals surface area contributed by atoms with Crippen LogP contribution in [0.1, 0.15) is 42.0 Å². The van der Waals surface area contributed by atoms with Crippen LogP contribution in [0.3, 0.4) is 0 Å². The Morgan fingerprint density at radius 1 is 1.43 bits per heavy atom. The topological polar surface area (TPSA) is 56.2 Å². The highest BCUT2D eigenvalue weighted by Gasteiger charge is 2.42. The molecular weight excluding hydrogens is 311 g/mol. The summed E-state index contributed by atoms with van der Waals surface area (Å²) >= 11 is 0. The third-order valence-electron chi connectivity index (χ3n) is 4.60. The van der Waals surface area contributed by atoms with Crippen LogP contribution in [0, 0.1) is 11.8 Å². The highest BCUT2D eigenvalue weighted by atomic mass is 19.4. The summed E-state index contributed by atoms with van der Waals surface area (Å²) in [5.41, 5.74) is 0.300. The molecular formula is C15H20F3N3O2. The summed E-state index contributed by atoms with van der Waals surface area (Å²) in [6, 6.07) is 0. The number of carbonyl (C=O) groups is 1. The Bertz CT molecular complexity index is 547. The molecule has 2 atom stereocenters. The maximum atomic E-state index is 12.8. The van der Waals surface area contributed by atoms with Crippen LogP contribution in [-0.4, -0.2) is 34.8 Å². The fourth-order valence-electron chi connectivity index (χ4n) is 3.30. The normalized spacial score (nSPS) is 25.0. The van der Waals surface area contributed by atoms with Crippen molar-refractivity contribution in [2.45, 2.75) is 45.0 Å². The van der Waals surface area contributed by atoms with Gasteiger partial charge < -0.3 is 14.6 Å². The van der Waals surface area contributed by atoms with Crippen LogP contribution in [0.25, 0.3) is 0 Å². The fraction of sp³-hybridized carbons (Fsp3) is 0.733. The van der Waals surface area contributed by atoms with E-state index in [9.17, 15) is 18.0 Å². The molecule has 128 valence electrons. The molecule has 1 N–H and O–H groups in total. The largest absolute Gasteiger partial charge is 0.391 e. The third kappa shape index (κ3) is 3.85. The summed E-state index contributed by atoms with van der Waals surface area (Å²) < 4.78 is 45.5. The summed E-state index contributed by atoms with van der Waals surface area (Å²) in [6.45, 7) is 1.89. The number of halogens is 3. The Kier molecular flexibility index (Phi) is 4.61. The van der Waals surface area contributed by atoms with Gasteiger partial charge in [0.05, 0.1) is 12.5 Å². The van der Waals surface area contributed by atoms with Crippen LogP contribution >= 0.6 is 0 Å². The molecule has 1 amide bonds. The zero-order valence-electron chi connectivity index (χ0n) is 12.7. The molecule has 0 aromatic carbocycles. The van der Waals surface area contributed by atoms with Gasteiger partial charge in [0.15, 0.2) is 0 Å². The van der Waals surface area contributed by atoms with Gasteiger partial charge in [0, 0.05) is 19.3 Å². The first-order chi connectivity index (χ1) is 10.9. The maximum absolute atomic E-state index is 12.8. The number of imidazole rings is 1. The molecule has 2 aliphatic rings. The standard InChI is InChI=1S/C15H20F3N3O2/c16-15(17,18)11-3-1-2-10(6-11)7-19-14(22)12-8-21-4-5-23-9-13(21)20-12/h8,10-11H,1-7,9H2,(H,19,22). The number of nitrogens with one attached hydrogen (secondary N) is 1. The third-order valence-corrected chi connectivity index (χ3v) is 4.60. The van der Waals surface area contributed by atoms with E-state index in [2.05, 4.69) is 10.3 Å². The van der Waals surface area contributed by atoms with Crippen LogP contribution in [0.15, 0.2) is 6.20 Å². The highest BCUT2D eigenvalue weighted by Crippen LogP contribution is 2.39. The van der Waals surface area contributed by atoms with E-state index < -0.39 is 12.1 Å². The Morgan fingerprint density at radius 2 is 2.26 bits per heavy atom. The van der Waals surface area contributed by atoms with Crippen molar-refractivity contribution < 1.29 is 22.7 Å². The van der Waals surface area contributed by atoms with Crippen LogP contribution < -0.4 is 5.32 Å². The molecule has 5 nitrogen and oxygen atoms in total. The van der Waals surface area contributed by atoms with Crippen molar-refractivity contribution in [2.24, 2.45) is 11.8 Å². The molecule has 0 spiro atoms. The summed E-state index contributed by atoms with van der Waals surface area (Å²) in [5, 5.41) is 2.73. The smallest absolute Gasteiger partial charge is 0.372 e. The van der Waals surface area contributed by atoms with Crippen LogP contribution in [-0.2, 0) is 17.9 Å². The summed E-state index contributed by atoms with van der Waals surface area (Å²) in [7, 11) is 0. The van der Waals surface area contributed by atoms with Crippen LogP contribution in [0.4, 0.5) is 13.2 Å². The highest BCUT2D eigenvalue weighted by molar-refractivity contribution is 5.92. The molecule has 0 saturated heterocycles. The van der Waals surface area contributed by atoms with Gasteiger partial charge in [-0.3, -0.25) is 4.79 Å². The molecule has 1 fully saturated rings. The van der Waals surface area contributed by atoms with Crippen molar-refractivity contribution in [3.63, 3.8) is 0 Å². The molecule has 3 rings (SSSR count). The van der Waals surface area contributed by atoms with E-state index in [-0.39, 0.29) is 31.2 Å². The van der Waals surface area contributed by atoms with Gasteiger partial charge in [0.25, 0.3) is 5.91 Å². The second-order valence-electron chi connectivity index (χ2n) is 6.27. The molecule has 23 heavy (non-hydrogen) atoms. The molecule has 1 aliphatic carbocycles. The van der Waals surface area contributed by atoms with Gasteiger partial charge in [-0.05, 0) is 25.2 Å². The molecule has 2 heterocycles. The van der Waals surface area contributed by atoms with Crippen LogP contribution in [0.2, 0.25) is 0 Å². The SMILES string of the molecule is O=C(NCC1CCCC(C(F)(F)F)C1)c1cn2c(n1)COCC2. The van der Waals surface area contributed by atoms with Gasteiger partial charge in [-0.25, -0.2) is 4.98 Å². The number of amides is 1. The van der Waals surface area contributed by atoms with E-state index in [0.29, 0.717) is 37.7 Å². The Morgan fingerprint density at radius 3 is 3.00 bits per heavy atom. The van der Waals surface area contributed by atoms with Gasteiger partial charge in [-0.15, -0.1) is 0 Å². The fourth-order valence-corrected chi connectivity index (χ4v) is 3.30. The second-order valence-corrected chi connectivity index (χ2v) is 6.27. The number of hydrogen-bond acceptors (Lipinski definition) is 3. The molecule has 1 saturated carbocycles. The minimum absolute atomic E-state index is 0.0946. The lowest BCUT2D eigenvalue weighted by molar-refractivity contribution is -0.185. The summed E-state index contributed by atoms with van der Waals surface area (Å²) in [4.78, 5) is 16.3. The number of nitrogens with zero attached hydrogens (tertiary/aromatic N) is 2. The number of ether oxygens (including phenoxy) is 1. The van der Waals surface area contributed by atoms with E-state index in [1.54, 1.807) is 6.20 Å². The average molecular weight is 331 g/mol. The maximum Gasteiger partial charge on any atom is 0.391 e. The van der Waals surface area contributed by atoms with Crippen molar-refractivity contribution in [1.29, 1.82) is 0 Å². The quantitative estimate of drug-likeness (QED) is 0.926. The van der Waals surface area contributed by atoms with E-state index in [4.69, 9.17) is 4.74 Å². The Hall–Kier alpha value is -1.57. The summed E-state index contributed by atoms with van der Waals surface area (Å²) in [6.07, 6.45) is -0.890. The average Bonchev–Trinajstić information content (AvgIpc) is 2.96. The number of aromatic nitrogens is 2. The van der Waals surface area contributed by atoms with Gasteiger partial charge in [0.1, 0.15) is 18.1 Å². The molecule has 2 unspecified atom stereocenters. The summed E-state index contributed by atoms with van der Waals surface area (Å²) in [5.74, 6) is -0.993. The Labute approximate surface area is 132 Å². The number of carbonyl (C=O) groups excluding carboxylic acids is 1. The monoisotopic (exact) mass is 331 g/mol. The predicted octanol–water partition coefficient (Wildman–Crippen LogP) is 2.51. The lowest BCUT2D eigenvalue weighted by Gasteiger charge is -2.30. The van der Waals surface area contributed by atoms with Gasteiger partial charge in [-0.2, -0.15) is 13.2 Å². The molecule has 1 aromatic rings. The number of alkyl halides is 3. The Balaban J connectivity index is 1.53. The van der Waals surface area contributed by atoms with Gasteiger partial charge in [0.2, 0.25) is 0 Å². The molecule has 8 heteroatoms. The number of fused-ring (bicyclic) bond motifs is 1. The zero-order valence-corrected chi connectivity index (χ0v) is 12.7. The molecule has 0 radical (unpaired) electrons. The van der Waals surface area contributed by atoms with Crippen molar-refractivity contribution in [1.82, 2.24) is 14.9 Å². The number of hydrogen-bond donors (Lipinski definition) is 1. The molecule has 1 aromatic heterocycles. The van der Waals surface area contributed by atoms with E-state index >= 15 is 0 Å². The van der Waals surface area contributed by atoms with Gasteiger partial charge >= 0.3 is 6.18 Å². The molecule has 1 aliphatic heterocycles. The first-order valence-corrected chi connectivity index (χ1v) is 7.92. The van der Waals surface area contributed by atoms with E-state index in [1.807, 2.05) is 4.57 Å². The zero-order chi connectivity index (χ0) is 16.4. The first kappa shape index (κ1) is 16.3. The lowest BCUT2D eigenvalue weighted by atomic mass is 9.81. The van der Waals surface area contributed by atoms with Crippen molar-refractivity contribution >= 4 is 5.91 Å². The van der Waals surface area contributed by atoms with E-state index in [1.165, 1.54) is 0 Å². The minimum atomic E-state index is -4.13. The lowest BCUT2D eigenvalue weighted by Crippen LogP contribution is -2.35. The van der Waals surface area contributed by atoms with Gasteiger partial charge in [-0.1, -0.05) is 6.42 Å². The van der Waals surface area contributed by atoms with Crippen molar-refractivity contribution in [3.8, 4) is 0 Å².